The molecule has 0 saturated heterocycles. The second-order valence-electron chi connectivity index (χ2n) is 4.31. The zero-order chi connectivity index (χ0) is 14.0. The molecule has 0 atom stereocenters. The molecule has 0 aliphatic carbocycles. The van der Waals surface area contributed by atoms with Gasteiger partial charge in [-0.3, -0.25) is 4.79 Å². The minimum absolute atomic E-state index is 0.0678. The van der Waals surface area contributed by atoms with E-state index in [2.05, 4.69) is 15.9 Å². The van der Waals surface area contributed by atoms with Gasteiger partial charge < -0.3 is 0 Å². The predicted molar refractivity (Wildman–Crippen MR) is 73.3 cm³/mol. The van der Waals surface area contributed by atoms with Crippen molar-refractivity contribution in [3.63, 3.8) is 0 Å². The lowest BCUT2D eigenvalue weighted by molar-refractivity contribution is 0.0989. The Hall–Kier alpha value is -1.55. The molecule has 0 N–H and O–H groups in total. The number of ketones is 1. The third kappa shape index (κ3) is 3.26. The minimum atomic E-state index is -0.815. The molecule has 0 heterocycles. The van der Waals surface area contributed by atoms with E-state index in [9.17, 15) is 13.6 Å². The predicted octanol–water partition coefficient (Wildman–Crippen LogP) is 4.46. The molecule has 98 valence electrons. The van der Waals surface area contributed by atoms with Crippen LogP contribution in [0.4, 0.5) is 8.78 Å². The van der Waals surface area contributed by atoms with Gasteiger partial charge in [-0.1, -0.05) is 28.1 Å². The fourth-order valence-electron chi connectivity index (χ4n) is 1.75. The largest absolute Gasteiger partial charge is 0.294 e. The van der Waals surface area contributed by atoms with Gasteiger partial charge in [0.05, 0.1) is 5.56 Å². The summed E-state index contributed by atoms with van der Waals surface area (Å²) in [6, 6.07) is 9.21. The highest BCUT2D eigenvalue weighted by Gasteiger charge is 2.14. The molecular formula is C15H11BrF2O. The van der Waals surface area contributed by atoms with Gasteiger partial charge in [0.2, 0.25) is 0 Å². The number of hydrogen-bond donors (Lipinski definition) is 0. The van der Waals surface area contributed by atoms with Crippen molar-refractivity contribution in [1.29, 1.82) is 0 Å². The van der Waals surface area contributed by atoms with E-state index >= 15 is 0 Å². The molecule has 0 bridgehead atoms. The van der Waals surface area contributed by atoms with Crippen molar-refractivity contribution in [3.8, 4) is 0 Å². The highest BCUT2D eigenvalue weighted by molar-refractivity contribution is 9.10. The summed E-state index contributed by atoms with van der Waals surface area (Å²) < 4.78 is 27.6. The monoisotopic (exact) mass is 324 g/mol. The summed E-state index contributed by atoms with van der Waals surface area (Å²) in [6.07, 6.45) is 0.0925. The van der Waals surface area contributed by atoms with Crippen molar-refractivity contribution in [3.05, 3.63) is 69.2 Å². The summed E-state index contributed by atoms with van der Waals surface area (Å²) in [5.74, 6) is -1.81. The Morgan fingerprint density at radius 2 is 1.74 bits per heavy atom. The first-order valence-electron chi connectivity index (χ1n) is 5.70. The lowest BCUT2D eigenvalue weighted by atomic mass is 10.0. The Morgan fingerprint density at radius 1 is 1.11 bits per heavy atom. The van der Waals surface area contributed by atoms with Gasteiger partial charge in [0, 0.05) is 17.0 Å². The van der Waals surface area contributed by atoms with E-state index in [1.165, 1.54) is 13.0 Å². The molecule has 0 fully saturated rings. The lowest BCUT2D eigenvalue weighted by Gasteiger charge is -2.05. The second-order valence-corrected chi connectivity index (χ2v) is 5.22. The SMILES string of the molecule is Cc1cc(C(=O)Cc2ccc(Br)cc2)c(F)cc1F. The number of rotatable bonds is 3. The van der Waals surface area contributed by atoms with E-state index in [1.54, 1.807) is 12.1 Å². The van der Waals surface area contributed by atoms with Crippen LogP contribution in [0.15, 0.2) is 40.9 Å². The molecule has 19 heavy (non-hydrogen) atoms. The molecule has 0 unspecified atom stereocenters. The summed E-state index contributed by atoms with van der Waals surface area (Å²) in [7, 11) is 0. The van der Waals surface area contributed by atoms with Crippen molar-refractivity contribution >= 4 is 21.7 Å². The molecule has 2 aromatic rings. The van der Waals surface area contributed by atoms with Crippen LogP contribution >= 0.6 is 15.9 Å². The molecule has 0 aromatic heterocycles. The van der Waals surface area contributed by atoms with E-state index in [0.717, 1.165) is 16.1 Å². The van der Waals surface area contributed by atoms with Gasteiger partial charge >= 0.3 is 0 Å². The van der Waals surface area contributed by atoms with E-state index in [1.807, 2.05) is 12.1 Å². The average molecular weight is 325 g/mol. The molecular weight excluding hydrogens is 314 g/mol. The van der Waals surface area contributed by atoms with E-state index < -0.39 is 11.6 Å². The fourth-order valence-corrected chi connectivity index (χ4v) is 2.02. The van der Waals surface area contributed by atoms with Crippen LogP contribution in [0.2, 0.25) is 0 Å². The van der Waals surface area contributed by atoms with E-state index in [4.69, 9.17) is 0 Å². The maximum Gasteiger partial charge on any atom is 0.170 e. The number of benzene rings is 2. The average Bonchev–Trinajstić information content (AvgIpc) is 2.36. The highest BCUT2D eigenvalue weighted by Crippen LogP contribution is 2.17. The van der Waals surface area contributed by atoms with Crippen LogP contribution in [-0.4, -0.2) is 5.78 Å². The first kappa shape index (κ1) is 13.9. The molecule has 0 saturated carbocycles. The van der Waals surface area contributed by atoms with Gasteiger partial charge in [-0.05, 0) is 36.2 Å². The van der Waals surface area contributed by atoms with Crippen molar-refractivity contribution in [2.45, 2.75) is 13.3 Å². The smallest absolute Gasteiger partial charge is 0.170 e. The zero-order valence-corrected chi connectivity index (χ0v) is 11.8. The molecule has 1 nitrogen and oxygen atoms in total. The van der Waals surface area contributed by atoms with Crippen LogP contribution in [0.3, 0.4) is 0 Å². The van der Waals surface area contributed by atoms with Crippen molar-refractivity contribution in [2.75, 3.05) is 0 Å². The second kappa shape index (κ2) is 5.61. The molecule has 0 amide bonds. The molecule has 2 aromatic carbocycles. The number of carbonyl (C=O) groups is 1. The topological polar surface area (TPSA) is 17.1 Å². The van der Waals surface area contributed by atoms with Crippen LogP contribution in [0.1, 0.15) is 21.5 Å². The number of aryl methyl sites for hydroxylation is 1. The Bertz CT molecular complexity index is 621. The Kier molecular flexibility index (Phi) is 4.10. The fraction of sp³-hybridized carbons (Fsp3) is 0.133. The van der Waals surface area contributed by atoms with Crippen LogP contribution < -0.4 is 0 Å². The summed E-state index contributed by atoms with van der Waals surface area (Å²) in [5.41, 5.74) is 0.983. The standard InChI is InChI=1S/C15H11BrF2O/c1-9-6-12(14(18)8-13(9)17)15(19)7-10-2-4-11(16)5-3-10/h2-6,8H,7H2,1H3. The number of carbonyl (C=O) groups excluding carboxylic acids is 1. The van der Waals surface area contributed by atoms with Crippen LogP contribution in [0.5, 0.6) is 0 Å². The Labute approximate surface area is 118 Å². The van der Waals surface area contributed by atoms with Crippen molar-refractivity contribution in [1.82, 2.24) is 0 Å². The van der Waals surface area contributed by atoms with Crippen molar-refractivity contribution < 1.29 is 13.6 Å². The quantitative estimate of drug-likeness (QED) is 0.762. The van der Waals surface area contributed by atoms with Crippen LogP contribution in [-0.2, 0) is 6.42 Å². The summed E-state index contributed by atoms with van der Waals surface area (Å²) in [4.78, 5) is 12.0. The first-order chi connectivity index (χ1) is 8.97. The van der Waals surface area contributed by atoms with Crippen molar-refractivity contribution in [2.24, 2.45) is 0 Å². The van der Waals surface area contributed by atoms with Gasteiger partial charge in [0.15, 0.2) is 5.78 Å². The van der Waals surface area contributed by atoms with Gasteiger partial charge in [-0.2, -0.15) is 0 Å². The maximum atomic E-state index is 13.6. The third-order valence-electron chi connectivity index (χ3n) is 2.83. The molecule has 0 spiro atoms. The third-order valence-corrected chi connectivity index (χ3v) is 3.36. The van der Waals surface area contributed by atoms with Gasteiger partial charge in [-0.25, -0.2) is 8.78 Å². The van der Waals surface area contributed by atoms with Crippen LogP contribution in [0, 0.1) is 18.6 Å². The molecule has 0 aliphatic rings. The Balaban J connectivity index is 2.25. The van der Waals surface area contributed by atoms with Gasteiger partial charge in [-0.15, -0.1) is 0 Å². The maximum absolute atomic E-state index is 13.6. The summed E-state index contributed by atoms with van der Waals surface area (Å²) >= 11 is 3.30. The highest BCUT2D eigenvalue weighted by atomic mass is 79.9. The number of hydrogen-bond acceptors (Lipinski definition) is 1. The summed E-state index contributed by atoms with van der Waals surface area (Å²) in [5, 5.41) is 0. The first-order valence-corrected chi connectivity index (χ1v) is 6.50. The minimum Gasteiger partial charge on any atom is -0.294 e. The number of Topliss-reactive ketones (excluding diaryl/α,β-unsaturated/α-hetero) is 1. The van der Waals surface area contributed by atoms with Gasteiger partial charge in [0.1, 0.15) is 11.6 Å². The molecule has 4 heteroatoms. The summed E-state index contributed by atoms with van der Waals surface area (Å²) in [6.45, 7) is 1.51. The number of halogens is 3. The lowest BCUT2D eigenvalue weighted by Crippen LogP contribution is -2.07. The van der Waals surface area contributed by atoms with E-state index in [0.29, 0.717) is 0 Å². The molecule has 0 aliphatic heterocycles. The van der Waals surface area contributed by atoms with Crippen LogP contribution in [0.25, 0.3) is 0 Å². The van der Waals surface area contributed by atoms with E-state index in [-0.39, 0.29) is 23.3 Å². The molecule has 2 rings (SSSR count). The van der Waals surface area contributed by atoms with Gasteiger partial charge in [0.25, 0.3) is 0 Å². The zero-order valence-electron chi connectivity index (χ0n) is 10.2. The normalized spacial score (nSPS) is 10.5. The molecule has 0 radical (unpaired) electrons. The Morgan fingerprint density at radius 3 is 2.37 bits per heavy atom.